The third-order valence-corrected chi connectivity index (χ3v) is 8.15. The SMILES string of the molecule is CCCCOC1(OCC(C)C)CCCC(OC2CCCCC2)(C2CC2)C1(OC(C)CC)OC(C)(C)C. The Morgan fingerprint density at radius 3 is 2.11 bits per heavy atom. The summed E-state index contributed by atoms with van der Waals surface area (Å²) in [5.41, 5.74) is -1.03. The van der Waals surface area contributed by atoms with Crippen LogP contribution < -0.4 is 0 Å². The Bertz CT molecular complexity index is 650. The lowest BCUT2D eigenvalue weighted by Gasteiger charge is -2.63. The molecule has 0 aliphatic heterocycles. The third-order valence-electron chi connectivity index (χ3n) is 8.15. The third kappa shape index (κ3) is 6.86. The zero-order valence-corrected chi connectivity index (χ0v) is 25.0. The van der Waals surface area contributed by atoms with E-state index in [9.17, 15) is 0 Å². The molecule has 0 aromatic rings. The summed E-state index contributed by atoms with van der Waals surface area (Å²) in [5.74, 6) is -1.35. The average Bonchev–Trinajstić information content (AvgIpc) is 3.66. The molecule has 0 saturated heterocycles. The lowest BCUT2D eigenvalue weighted by Crippen LogP contribution is -2.78. The van der Waals surface area contributed by atoms with Crippen LogP contribution >= 0.6 is 0 Å². The van der Waals surface area contributed by atoms with Gasteiger partial charge in [0, 0.05) is 6.42 Å². The molecule has 0 aromatic heterocycles. The van der Waals surface area contributed by atoms with Gasteiger partial charge in [0.25, 0.3) is 5.79 Å². The minimum Gasteiger partial charge on any atom is -0.366 e. The van der Waals surface area contributed by atoms with Crippen LogP contribution in [0.25, 0.3) is 0 Å². The van der Waals surface area contributed by atoms with Crippen molar-refractivity contribution in [3.05, 3.63) is 0 Å². The molecule has 0 radical (unpaired) electrons. The maximum atomic E-state index is 7.41. The molecule has 0 amide bonds. The highest BCUT2D eigenvalue weighted by atomic mass is 16.8. The summed E-state index contributed by atoms with van der Waals surface area (Å²) in [5, 5.41) is 0. The van der Waals surface area contributed by atoms with Crippen molar-refractivity contribution in [1.29, 1.82) is 0 Å². The molecule has 36 heavy (non-hydrogen) atoms. The molecule has 212 valence electrons. The molecular formula is C31H58O5. The Morgan fingerprint density at radius 2 is 1.56 bits per heavy atom. The molecule has 0 bridgehead atoms. The van der Waals surface area contributed by atoms with Crippen molar-refractivity contribution in [2.45, 2.75) is 174 Å². The molecule has 3 aliphatic carbocycles. The molecule has 5 nitrogen and oxygen atoms in total. The lowest BCUT2D eigenvalue weighted by atomic mass is 9.70. The second-order valence-electron chi connectivity index (χ2n) is 13.2. The monoisotopic (exact) mass is 510 g/mol. The van der Waals surface area contributed by atoms with Crippen molar-refractivity contribution in [3.63, 3.8) is 0 Å². The van der Waals surface area contributed by atoms with Gasteiger partial charge in [0.1, 0.15) is 5.60 Å². The molecule has 0 heterocycles. The van der Waals surface area contributed by atoms with E-state index in [2.05, 4.69) is 55.4 Å². The first-order valence-electron chi connectivity index (χ1n) is 15.4. The average molecular weight is 511 g/mol. The van der Waals surface area contributed by atoms with E-state index in [1.165, 1.54) is 19.3 Å². The Hall–Kier alpha value is -0.200. The Labute approximate surface area is 222 Å². The van der Waals surface area contributed by atoms with Gasteiger partial charge in [-0.25, -0.2) is 0 Å². The normalized spacial score (nSPS) is 33.2. The first kappa shape index (κ1) is 30.3. The summed E-state index contributed by atoms with van der Waals surface area (Å²) < 4.78 is 35.8. The molecule has 3 fully saturated rings. The van der Waals surface area contributed by atoms with Crippen molar-refractivity contribution in [1.82, 2.24) is 0 Å². The highest BCUT2D eigenvalue weighted by Crippen LogP contribution is 2.62. The van der Waals surface area contributed by atoms with Gasteiger partial charge in [0.05, 0.1) is 31.0 Å². The van der Waals surface area contributed by atoms with Gasteiger partial charge in [-0.1, -0.05) is 53.4 Å². The number of ether oxygens (including phenoxy) is 5. The molecule has 3 rings (SSSR count). The van der Waals surface area contributed by atoms with Gasteiger partial charge >= 0.3 is 0 Å². The summed E-state index contributed by atoms with van der Waals surface area (Å²) in [6.07, 6.45) is 14.2. The summed E-state index contributed by atoms with van der Waals surface area (Å²) in [4.78, 5) is 0. The summed E-state index contributed by atoms with van der Waals surface area (Å²) >= 11 is 0. The Balaban J connectivity index is 2.20. The second-order valence-corrected chi connectivity index (χ2v) is 13.2. The van der Waals surface area contributed by atoms with E-state index >= 15 is 0 Å². The molecule has 4 atom stereocenters. The van der Waals surface area contributed by atoms with Crippen molar-refractivity contribution in [3.8, 4) is 0 Å². The van der Waals surface area contributed by atoms with Crippen LogP contribution in [0.3, 0.4) is 0 Å². The minimum absolute atomic E-state index is 0.00432. The van der Waals surface area contributed by atoms with Crippen LogP contribution in [-0.4, -0.2) is 48.2 Å². The zero-order valence-electron chi connectivity index (χ0n) is 25.0. The summed E-state index contributed by atoms with van der Waals surface area (Å²) in [7, 11) is 0. The number of rotatable bonds is 14. The van der Waals surface area contributed by atoms with Crippen molar-refractivity contribution < 1.29 is 23.7 Å². The predicted octanol–water partition coefficient (Wildman–Crippen LogP) is 8.18. The first-order chi connectivity index (χ1) is 17.0. The zero-order chi connectivity index (χ0) is 26.5. The summed E-state index contributed by atoms with van der Waals surface area (Å²) in [6.45, 7) is 18.6. The van der Waals surface area contributed by atoms with E-state index in [-0.39, 0.29) is 12.2 Å². The number of hydrogen-bond donors (Lipinski definition) is 0. The highest BCUT2D eigenvalue weighted by Gasteiger charge is 2.76. The van der Waals surface area contributed by atoms with E-state index in [0.29, 0.717) is 25.0 Å². The molecule has 0 N–H and O–H groups in total. The van der Waals surface area contributed by atoms with E-state index in [0.717, 1.165) is 64.2 Å². The maximum Gasteiger partial charge on any atom is 0.254 e. The van der Waals surface area contributed by atoms with Crippen LogP contribution in [-0.2, 0) is 23.7 Å². The van der Waals surface area contributed by atoms with Gasteiger partial charge in [-0.3, -0.25) is 0 Å². The van der Waals surface area contributed by atoms with E-state index < -0.39 is 22.8 Å². The van der Waals surface area contributed by atoms with Crippen LogP contribution in [0.2, 0.25) is 0 Å². The van der Waals surface area contributed by atoms with Crippen LogP contribution in [0.1, 0.15) is 139 Å². The second kappa shape index (κ2) is 12.8. The van der Waals surface area contributed by atoms with E-state index in [4.69, 9.17) is 23.7 Å². The van der Waals surface area contributed by atoms with Gasteiger partial charge in [0.15, 0.2) is 0 Å². The Morgan fingerprint density at radius 1 is 0.861 bits per heavy atom. The van der Waals surface area contributed by atoms with Crippen LogP contribution in [0.15, 0.2) is 0 Å². The Kier molecular flexibility index (Phi) is 10.8. The standard InChI is InChI=1S/C31H58O5/c1-9-11-22-32-30(33-23-24(3)4)21-15-20-29(26-18-19-26,35-27-16-13-12-14-17-27)31(30,34-25(5)10-2)36-28(6,7)8/h24-27H,9-23H2,1-8H3. The molecular weight excluding hydrogens is 452 g/mol. The molecule has 0 spiro atoms. The van der Waals surface area contributed by atoms with Crippen molar-refractivity contribution in [2.24, 2.45) is 11.8 Å². The maximum absolute atomic E-state index is 7.41. The fraction of sp³-hybridized carbons (Fsp3) is 1.00. The molecule has 3 aliphatic rings. The van der Waals surface area contributed by atoms with Crippen LogP contribution in [0.4, 0.5) is 0 Å². The smallest absolute Gasteiger partial charge is 0.254 e. The fourth-order valence-corrected chi connectivity index (χ4v) is 6.21. The van der Waals surface area contributed by atoms with E-state index in [1.807, 2.05) is 0 Å². The minimum atomic E-state index is -1.13. The van der Waals surface area contributed by atoms with Crippen LogP contribution in [0, 0.1) is 11.8 Å². The van der Waals surface area contributed by atoms with Gasteiger partial charge < -0.3 is 23.7 Å². The molecule has 0 aromatic carbocycles. The van der Waals surface area contributed by atoms with Crippen molar-refractivity contribution in [2.75, 3.05) is 13.2 Å². The fourth-order valence-electron chi connectivity index (χ4n) is 6.21. The van der Waals surface area contributed by atoms with Gasteiger partial charge in [-0.2, -0.15) is 0 Å². The number of unbranched alkanes of at least 4 members (excludes halogenated alkanes) is 1. The van der Waals surface area contributed by atoms with Gasteiger partial charge in [0.2, 0.25) is 5.79 Å². The lowest BCUT2D eigenvalue weighted by molar-refractivity contribution is -0.496. The van der Waals surface area contributed by atoms with E-state index in [1.54, 1.807) is 0 Å². The molecule has 3 saturated carbocycles. The van der Waals surface area contributed by atoms with Crippen LogP contribution in [0.5, 0.6) is 0 Å². The first-order valence-corrected chi connectivity index (χ1v) is 15.4. The molecule has 5 heteroatoms. The quantitative estimate of drug-likeness (QED) is 0.174. The summed E-state index contributed by atoms with van der Waals surface area (Å²) in [6, 6.07) is 0. The van der Waals surface area contributed by atoms with Gasteiger partial charge in [-0.15, -0.1) is 0 Å². The predicted molar refractivity (Wildman–Crippen MR) is 146 cm³/mol. The highest BCUT2D eigenvalue weighted by molar-refractivity contribution is 5.16. The van der Waals surface area contributed by atoms with Gasteiger partial charge in [-0.05, 0) is 90.9 Å². The van der Waals surface area contributed by atoms with Crippen molar-refractivity contribution >= 4 is 0 Å². The largest absolute Gasteiger partial charge is 0.366 e. The molecule has 4 unspecified atom stereocenters. The number of hydrogen-bond acceptors (Lipinski definition) is 5. The topological polar surface area (TPSA) is 46.2 Å².